The largest absolute Gasteiger partial charge is 0.359 e. The van der Waals surface area contributed by atoms with E-state index in [1.165, 1.54) is 36.6 Å². The third kappa shape index (κ3) is 3.79. The van der Waals surface area contributed by atoms with Crippen LogP contribution in [-0.4, -0.2) is 17.4 Å². The summed E-state index contributed by atoms with van der Waals surface area (Å²) in [6.07, 6.45) is 8.84. The van der Waals surface area contributed by atoms with E-state index in [0.29, 0.717) is 6.42 Å². The fourth-order valence-electron chi connectivity index (χ4n) is 3.18. The third-order valence-corrected chi connectivity index (χ3v) is 4.34. The van der Waals surface area contributed by atoms with Crippen molar-refractivity contribution >= 4 is 16.8 Å². The van der Waals surface area contributed by atoms with E-state index in [-0.39, 0.29) is 5.91 Å². The molecule has 1 aromatic heterocycles. The predicted molar refractivity (Wildman–Crippen MR) is 90.9 cm³/mol. The number of benzene rings is 1. The van der Waals surface area contributed by atoms with Crippen LogP contribution in [0.4, 0.5) is 0 Å². The van der Waals surface area contributed by atoms with Gasteiger partial charge in [0, 0.05) is 17.8 Å². The van der Waals surface area contributed by atoms with E-state index in [9.17, 15) is 4.79 Å². The van der Waals surface area contributed by atoms with Crippen molar-refractivity contribution in [3.63, 3.8) is 0 Å². The van der Waals surface area contributed by atoms with Crippen LogP contribution >= 0.6 is 0 Å². The summed E-state index contributed by atoms with van der Waals surface area (Å²) in [5, 5.41) is 4.22. The highest BCUT2D eigenvalue weighted by Gasteiger charge is 2.07. The van der Waals surface area contributed by atoms with Crippen LogP contribution in [0.5, 0.6) is 0 Å². The minimum absolute atomic E-state index is 0.114. The molecule has 2 aromatic rings. The number of carbonyl (C=O) groups excluding carboxylic acids is 1. The molecule has 1 amide bonds. The van der Waals surface area contributed by atoms with Crippen LogP contribution in [0.2, 0.25) is 0 Å². The Morgan fingerprint density at radius 2 is 2.18 bits per heavy atom. The van der Waals surface area contributed by atoms with Gasteiger partial charge in [0.05, 0.1) is 6.42 Å². The van der Waals surface area contributed by atoms with Crippen molar-refractivity contribution in [3.8, 4) is 0 Å². The number of aryl methyl sites for hydroxylation is 1. The van der Waals surface area contributed by atoms with E-state index in [0.717, 1.165) is 29.7 Å². The van der Waals surface area contributed by atoms with Crippen molar-refractivity contribution in [3.05, 3.63) is 47.2 Å². The Morgan fingerprint density at radius 1 is 1.27 bits per heavy atom. The van der Waals surface area contributed by atoms with Crippen LogP contribution < -0.4 is 5.32 Å². The molecule has 1 aromatic carbocycles. The van der Waals surface area contributed by atoms with Crippen LogP contribution in [-0.2, 0) is 11.2 Å². The van der Waals surface area contributed by atoms with Gasteiger partial charge < -0.3 is 10.3 Å². The molecular weight excluding hydrogens is 272 g/mol. The quantitative estimate of drug-likeness (QED) is 0.804. The fraction of sp³-hybridized carbons (Fsp3) is 0.421. The second-order valence-corrected chi connectivity index (χ2v) is 6.26. The number of hydrogen-bond donors (Lipinski definition) is 2. The first kappa shape index (κ1) is 14.9. The molecule has 116 valence electrons. The highest BCUT2D eigenvalue weighted by atomic mass is 16.1. The molecule has 1 heterocycles. The van der Waals surface area contributed by atoms with Crippen LogP contribution in [0.15, 0.2) is 35.9 Å². The van der Waals surface area contributed by atoms with Crippen molar-refractivity contribution in [2.24, 2.45) is 0 Å². The lowest BCUT2D eigenvalue weighted by molar-refractivity contribution is -0.120. The highest BCUT2D eigenvalue weighted by Crippen LogP contribution is 2.19. The standard InChI is InChI=1S/C19H24N2O/c1-14-11-17-12-16(7-8-18(17)21-14)13-19(22)20-10-9-15-5-3-2-4-6-15/h5,7-8,11-12,21H,2-4,6,9-10,13H2,1H3,(H,20,22). The molecule has 3 rings (SSSR count). The van der Waals surface area contributed by atoms with Gasteiger partial charge in [0.15, 0.2) is 0 Å². The second kappa shape index (κ2) is 6.82. The molecule has 0 saturated carbocycles. The van der Waals surface area contributed by atoms with Crippen molar-refractivity contribution in [2.75, 3.05) is 6.54 Å². The van der Waals surface area contributed by atoms with Gasteiger partial charge in [-0.05, 0) is 68.2 Å². The molecule has 0 fully saturated rings. The van der Waals surface area contributed by atoms with Gasteiger partial charge in [-0.1, -0.05) is 17.7 Å². The maximum absolute atomic E-state index is 12.1. The van der Waals surface area contributed by atoms with E-state index in [2.05, 4.69) is 34.6 Å². The summed E-state index contributed by atoms with van der Waals surface area (Å²) in [6.45, 7) is 2.81. The van der Waals surface area contributed by atoms with Crippen LogP contribution in [0.3, 0.4) is 0 Å². The minimum atomic E-state index is 0.114. The highest BCUT2D eigenvalue weighted by molar-refractivity contribution is 5.84. The molecule has 3 heteroatoms. The molecule has 0 spiro atoms. The van der Waals surface area contributed by atoms with Crippen LogP contribution in [0, 0.1) is 6.92 Å². The van der Waals surface area contributed by atoms with Gasteiger partial charge >= 0.3 is 0 Å². The number of nitrogens with one attached hydrogen (secondary N) is 2. The van der Waals surface area contributed by atoms with Crippen molar-refractivity contribution < 1.29 is 4.79 Å². The van der Waals surface area contributed by atoms with Gasteiger partial charge in [0.25, 0.3) is 0 Å². The van der Waals surface area contributed by atoms with Crippen molar-refractivity contribution in [1.29, 1.82) is 0 Å². The van der Waals surface area contributed by atoms with Crippen molar-refractivity contribution in [2.45, 2.75) is 45.4 Å². The topological polar surface area (TPSA) is 44.9 Å². The first-order valence-corrected chi connectivity index (χ1v) is 8.23. The second-order valence-electron chi connectivity index (χ2n) is 6.26. The molecule has 1 aliphatic rings. The molecule has 0 bridgehead atoms. The average Bonchev–Trinajstić information content (AvgIpc) is 2.87. The Kier molecular flexibility index (Phi) is 4.62. The monoisotopic (exact) mass is 296 g/mol. The summed E-state index contributed by atoms with van der Waals surface area (Å²) in [5.74, 6) is 0.114. The Labute approximate surface area is 131 Å². The van der Waals surface area contributed by atoms with Crippen molar-refractivity contribution in [1.82, 2.24) is 10.3 Å². The zero-order chi connectivity index (χ0) is 15.4. The number of aromatic amines is 1. The lowest BCUT2D eigenvalue weighted by Crippen LogP contribution is -2.26. The Hall–Kier alpha value is -2.03. The van der Waals surface area contributed by atoms with E-state index >= 15 is 0 Å². The number of aromatic nitrogens is 1. The maximum atomic E-state index is 12.1. The number of allylic oxidation sites excluding steroid dienone is 1. The van der Waals surface area contributed by atoms with Gasteiger partial charge in [-0.25, -0.2) is 0 Å². The lowest BCUT2D eigenvalue weighted by Gasteiger charge is -2.13. The van der Waals surface area contributed by atoms with Gasteiger partial charge in [-0.3, -0.25) is 4.79 Å². The van der Waals surface area contributed by atoms with E-state index < -0.39 is 0 Å². The maximum Gasteiger partial charge on any atom is 0.224 e. The number of hydrogen-bond acceptors (Lipinski definition) is 1. The predicted octanol–water partition coefficient (Wildman–Crippen LogP) is 4.03. The Balaban J connectivity index is 1.50. The molecule has 0 saturated heterocycles. The summed E-state index contributed by atoms with van der Waals surface area (Å²) in [5.41, 5.74) is 4.86. The number of carbonyl (C=O) groups is 1. The molecule has 22 heavy (non-hydrogen) atoms. The lowest BCUT2D eigenvalue weighted by atomic mass is 9.97. The number of H-pyrrole nitrogens is 1. The number of rotatable bonds is 5. The van der Waals surface area contributed by atoms with Gasteiger partial charge in [-0.2, -0.15) is 0 Å². The molecule has 0 radical (unpaired) electrons. The first-order valence-electron chi connectivity index (χ1n) is 8.23. The minimum Gasteiger partial charge on any atom is -0.359 e. The molecule has 0 aliphatic heterocycles. The zero-order valence-corrected chi connectivity index (χ0v) is 13.2. The first-order chi connectivity index (χ1) is 10.7. The van der Waals surface area contributed by atoms with Crippen LogP contribution in [0.25, 0.3) is 10.9 Å². The van der Waals surface area contributed by atoms with Gasteiger partial charge in [-0.15, -0.1) is 0 Å². The molecular formula is C19H24N2O. The Bertz CT molecular complexity index is 697. The third-order valence-electron chi connectivity index (χ3n) is 4.34. The van der Waals surface area contributed by atoms with Gasteiger partial charge in [0.1, 0.15) is 0 Å². The Morgan fingerprint density at radius 3 is 3.00 bits per heavy atom. The summed E-state index contributed by atoms with van der Waals surface area (Å²) in [4.78, 5) is 15.4. The van der Waals surface area contributed by atoms with E-state index in [1.54, 1.807) is 0 Å². The fourth-order valence-corrected chi connectivity index (χ4v) is 3.18. The van der Waals surface area contributed by atoms with E-state index in [4.69, 9.17) is 0 Å². The summed E-state index contributed by atoms with van der Waals surface area (Å²) < 4.78 is 0. The molecule has 0 unspecified atom stereocenters. The van der Waals surface area contributed by atoms with E-state index in [1.807, 2.05) is 13.0 Å². The zero-order valence-electron chi connectivity index (χ0n) is 13.2. The summed E-state index contributed by atoms with van der Waals surface area (Å²) >= 11 is 0. The average molecular weight is 296 g/mol. The van der Waals surface area contributed by atoms with Gasteiger partial charge in [0.2, 0.25) is 5.91 Å². The smallest absolute Gasteiger partial charge is 0.224 e. The summed E-state index contributed by atoms with van der Waals surface area (Å²) in [6, 6.07) is 8.30. The van der Waals surface area contributed by atoms with Crippen LogP contribution in [0.1, 0.15) is 43.4 Å². The number of amides is 1. The summed E-state index contributed by atoms with van der Waals surface area (Å²) in [7, 11) is 0. The molecule has 2 N–H and O–H groups in total. The molecule has 0 atom stereocenters. The molecule has 1 aliphatic carbocycles. The number of fused-ring (bicyclic) bond motifs is 1. The normalized spacial score (nSPS) is 14.9. The SMILES string of the molecule is Cc1cc2cc(CC(=O)NCCC3=CCCCC3)ccc2[nH]1. The molecule has 3 nitrogen and oxygen atoms in total.